The molecular formula is C10H12BrF. The van der Waals surface area contributed by atoms with Crippen LogP contribution in [0.4, 0.5) is 4.39 Å². The Labute approximate surface area is 80.9 Å². The van der Waals surface area contributed by atoms with Crippen molar-refractivity contribution in [3.05, 3.63) is 35.6 Å². The van der Waals surface area contributed by atoms with Crippen molar-refractivity contribution in [2.24, 2.45) is 0 Å². The number of rotatable bonds is 3. The first-order chi connectivity index (χ1) is 5.77. The molecule has 1 aromatic rings. The van der Waals surface area contributed by atoms with Gasteiger partial charge in [-0.15, -0.1) is 0 Å². The molecule has 0 aliphatic rings. The van der Waals surface area contributed by atoms with E-state index < -0.39 is 0 Å². The topological polar surface area (TPSA) is 0 Å². The summed E-state index contributed by atoms with van der Waals surface area (Å²) in [7, 11) is 0. The third-order valence-corrected chi connectivity index (χ3v) is 2.78. The van der Waals surface area contributed by atoms with Crippen molar-refractivity contribution in [1.82, 2.24) is 0 Å². The molecule has 0 saturated heterocycles. The Morgan fingerprint density at radius 3 is 2.75 bits per heavy atom. The van der Waals surface area contributed by atoms with Crippen LogP contribution in [0.5, 0.6) is 0 Å². The fourth-order valence-corrected chi connectivity index (χ4v) is 2.03. The average molecular weight is 231 g/mol. The summed E-state index contributed by atoms with van der Waals surface area (Å²) in [5.41, 5.74) is 1.08. The van der Waals surface area contributed by atoms with E-state index in [1.165, 1.54) is 6.07 Å². The van der Waals surface area contributed by atoms with E-state index in [1.54, 1.807) is 12.1 Å². The number of alkyl halides is 1. The second kappa shape index (κ2) is 4.61. The lowest BCUT2D eigenvalue weighted by molar-refractivity contribution is 0.620. The summed E-state index contributed by atoms with van der Waals surface area (Å²) < 4.78 is 12.8. The zero-order valence-electron chi connectivity index (χ0n) is 7.06. The van der Waals surface area contributed by atoms with Gasteiger partial charge in [-0.25, -0.2) is 4.39 Å². The Morgan fingerprint density at radius 1 is 1.50 bits per heavy atom. The molecule has 0 bridgehead atoms. The third kappa shape index (κ3) is 2.31. The molecule has 0 saturated carbocycles. The van der Waals surface area contributed by atoms with Crippen LogP contribution in [0.25, 0.3) is 0 Å². The molecule has 12 heavy (non-hydrogen) atoms. The van der Waals surface area contributed by atoms with E-state index in [0.717, 1.165) is 17.3 Å². The predicted octanol–water partition coefficient (Wildman–Crippen LogP) is 3.71. The Balaban J connectivity index is 2.85. The minimum Gasteiger partial charge on any atom is -0.207 e. The van der Waals surface area contributed by atoms with Crippen molar-refractivity contribution >= 4 is 15.9 Å². The predicted molar refractivity (Wildman–Crippen MR) is 53.2 cm³/mol. The van der Waals surface area contributed by atoms with Crippen LogP contribution < -0.4 is 0 Å². The quantitative estimate of drug-likeness (QED) is 0.695. The summed E-state index contributed by atoms with van der Waals surface area (Å²) in [5, 5.41) is 0.896. The van der Waals surface area contributed by atoms with Gasteiger partial charge in [-0.2, -0.15) is 0 Å². The Bertz CT molecular complexity index is 243. The lowest BCUT2D eigenvalue weighted by Crippen LogP contribution is -1.98. The van der Waals surface area contributed by atoms with Crippen molar-refractivity contribution in [2.75, 3.05) is 5.33 Å². The maximum atomic E-state index is 12.8. The molecule has 0 amide bonds. The van der Waals surface area contributed by atoms with Crippen molar-refractivity contribution in [2.45, 2.75) is 19.3 Å². The molecule has 1 unspecified atom stereocenters. The van der Waals surface area contributed by atoms with Crippen LogP contribution in [0.2, 0.25) is 0 Å². The zero-order valence-corrected chi connectivity index (χ0v) is 8.64. The van der Waals surface area contributed by atoms with Crippen molar-refractivity contribution in [3.63, 3.8) is 0 Å². The zero-order chi connectivity index (χ0) is 8.97. The Hall–Kier alpha value is -0.370. The lowest BCUT2D eigenvalue weighted by atomic mass is 9.99. The van der Waals surface area contributed by atoms with E-state index in [0.29, 0.717) is 5.92 Å². The molecule has 0 fully saturated rings. The van der Waals surface area contributed by atoms with Gasteiger partial charge in [0.05, 0.1) is 0 Å². The lowest BCUT2D eigenvalue weighted by Gasteiger charge is -2.10. The first-order valence-electron chi connectivity index (χ1n) is 4.09. The smallest absolute Gasteiger partial charge is 0.123 e. The number of halogens is 2. The van der Waals surface area contributed by atoms with E-state index in [9.17, 15) is 4.39 Å². The van der Waals surface area contributed by atoms with Crippen LogP contribution in [0.3, 0.4) is 0 Å². The van der Waals surface area contributed by atoms with Crippen molar-refractivity contribution in [1.29, 1.82) is 0 Å². The summed E-state index contributed by atoms with van der Waals surface area (Å²) in [6, 6.07) is 6.81. The van der Waals surface area contributed by atoms with Gasteiger partial charge >= 0.3 is 0 Å². The monoisotopic (exact) mass is 230 g/mol. The van der Waals surface area contributed by atoms with Gasteiger partial charge in [0.25, 0.3) is 0 Å². The first kappa shape index (κ1) is 9.72. The van der Waals surface area contributed by atoms with Gasteiger partial charge in [-0.05, 0) is 30.0 Å². The molecule has 0 nitrogen and oxygen atoms in total. The molecule has 0 spiro atoms. The van der Waals surface area contributed by atoms with Crippen LogP contribution in [0, 0.1) is 5.82 Å². The number of benzene rings is 1. The molecule has 1 rings (SSSR count). The molecule has 0 aliphatic carbocycles. The molecule has 1 atom stereocenters. The number of hydrogen-bond acceptors (Lipinski definition) is 0. The summed E-state index contributed by atoms with van der Waals surface area (Å²) in [6.07, 6.45) is 1.04. The van der Waals surface area contributed by atoms with Gasteiger partial charge in [0.1, 0.15) is 5.82 Å². The van der Waals surface area contributed by atoms with Gasteiger partial charge in [-0.3, -0.25) is 0 Å². The van der Waals surface area contributed by atoms with Crippen LogP contribution in [0.15, 0.2) is 24.3 Å². The second-order valence-electron chi connectivity index (χ2n) is 2.81. The van der Waals surface area contributed by atoms with Crippen molar-refractivity contribution < 1.29 is 4.39 Å². The van der Waals surface area contributed by atoms with E-state index in [2.05, 4.69) is 22.9 Å². The highest BCUT2D eigenvalue weighted by molar-refractivity contribution is 9.09. The molecule has 66 valence electrons. The Morgan fingerprint density at radius 2 is 2.25 bits per heavy atom. The number of hydrogen-bond donors (Lipinski definition) is 0. The van der Waals surface area contributed by atoms with Gasteiger partial charge in [-0.1, -0.05) is 35.0 Å². The van der Waals surface area contributed by atoms with E-state index in [1.807, 2.05) is 6.07 Å². The van der Waals surface area contributed by atoms with Crippen LogP contribution in [-0.4, -0.2) is 5.33 Å². The Kier molecular flexibility index (Phi) is 3.73. The average Bonchev–Trinajstić information content (AvgIpc) is 2.07. The van der Waals surface area contributed by atoms with Crippen LogP contribution >= 0.6 is 15.9 Å². The fourth-order valence-electron chi connectivity index (χ4n) is 1.19. The summed E-state index contributed by atoms with van der Waals surface area (Å²) in [4.78, 5) is 0. The van der Waals surface area contributed by atoms with Crippen LogP contribution in [-0.2, 0) is 0 Å². The van der Waals surface area contributed by atoms with Crippen LogP contribution in [0.1, 0.15) is 24.8 Å². The first-order valence-corrected chi connectivity index (χ1v) is 5.21. The maximum Gasteiger partial charge on any atom is 0.123 e. The highest BCUT2D eigenvalue weighted by Gasteiger charge is 2.07. The van der Waals surface area contributed by atoms with Crippen molar-refractivity contribution in [3.8, 4) is 0 Å². The fraction of sp³-hybridized carbons (Fsp3) is 0.400. The van der Waals surface area contributed by atoms with Gasteiger partial charge in [0.2, 0.25) is 0 Å². The molecule has 0 heterocycles. The highest BCUT2D eigenvalue weighted by atomic mass is 79.9. The molecule has 1 aromatic carbocycles. The van der Waals surface area contributed by atoms with Gasteiger partial charge < -0.3 is 0 Å². The molecule has 2 heteroatoms. The molecule has 0 aromatic heterocycles. The highest BCUT2D eigenvalue weighted by Crippen LogP contribution is 2.21. The summed E-state index contributed by atoms with van der Waals surface area (Å²) in [5.74, 6) is 0.285. The minimum absolute atomic E-state index is 0.146. The molecule has 0 aliphatic heterocycles. The van der Waals surface area contributed by atoms with E-state index in [4.69, 9.17) is 0 Å². The van der Waals surface area contributed by atoms with E-state index in [-0.39, 0.29) is 5.82 Å². The second-order valence-corrected chi connectivity index (χ2v) is 3.46. The van der Waals surface area contributed by atoms with Gasteiger partial charge in [0.15, 0.2) is 0 Å². The largest absolute Gasteiger partial charge is 0.207 e. The maximum absolute atomic E-state index is 12.8. The van der Waals surface area contributed by atoms with E-state index >= 15 is 0 Å². The SMILES string of the molecule is CCC(CBr)c1cccc(F)c1. The third-order valence-electron chi connectivity index (χ3n) is 2.00. The summed E-state index contributed by atoms with van der Waals surface area (Å²) in [6.45, 7) is 2.11. The molecular weight excluding hydrogens is 219 g/mol. The summed E-state index contributed by atoms with van der Waals surface area (Å²) >= 11 is 3.41. The normalized spacial score (nSPS) is 12.9. The molecule has 0 radical (unpaired) electrons. The molecule has 0 N–H and O–H groups in total. The standard InChI is InChI=1S/C10H12BrF/c1-2-8(7-11)9-4-3-5-10(12)6-9/h3-6,8H,2,7H2,1H3. The van der Waals surface area contributed by atoms with Gasteiger partial charge in [0, 0.05) is 5.33 Å². The minimum atomic E-state index is -0.146.